The van der Waals surface area contributed by atoms with E-state index < -0.39 is 0 Å². The minimum atomic E-state index is 0. The molecule has 0 amide bonds. The van der Waals surface area contributed by atoms with Crippen molar-refractivity contribution in [3.63, 3.8) is 0 Å². The first-order chi connectivity index (χ1) is 7.66. The van der Waals surface area contributed by atoms with Crippen molar-refractivity contribution in [2.75, 3.05) is 44.4 Å². The number of halogens is 1. The second-order valence-electron chi connectivity index (χ2n) is 4.78. The van der Waals surface area contributed by atoms with Crippen LogP contribution in [0.4, 0.5) is 11.4 Å². The minimum absolute atomic E-state index is 0. The number of benzene rings is 1. The van der Waals surface area contributed by atoms with E-state index in [1.54, 1.807) is 0 Å². The first kappa shape index (κ1) is 14.1. The van der Waals surface area contributed by atoms with E-state index in [9.17, 15) is 0 Å². The molecule has 96 valence electrons. The van der Waals surface area contributed by atoms with Crippen LogP contribution in [0.15, 0.2) is 18.2 Å². The number of aryl methyl sites for hydroxylation is 1. The van der Waals surface area contributed by atoms with Crippen molar-refractivity contribution < 1.29 is 0 Å². The molecule has 0 spiro atoms. The van der Waals surface area contributed by atoms with Gasteiger partial charge in [0.2, 0.25) is 0 Å². The van der Waals surface area contributed by atoms with E-state index in [1.807, 2.05) is 6.07 Å². The summed E-state index contributed by atoms with van der Waals surface area (Å²) in [7, 11) is 4.23. The molecule has 0 radical (unpaired) electrons. The fourth-order valence-corrected chi connectivity index (χ4v) is 2.22. The fourth-order valence-electron chi connectivity index (χ4n) is 2.22. The van der Waals surface area contributed by atoms with Gasteiger partial charge in [0.25, 0.3) is 0 Å². The van der Waals surface area contributed by atoms with Crippen LogP contribution in [0, 0.1) is 0 Å². The van der Waals surface area contributed by atoms with Crippen molar-refractivity contribution >= 4 is 23.8 Å². The van der Waals surface area contributed by atoms with Crippen LogP contribution < -0.4 is 10.6 Å². The molecule has 4 heteroatoms. The van der Waals surface area contributed by atoms with Gasteiger partial charge in [-0.05, 0) is 44.6 Å². The lowest BCUT2D eigenvalue weighted by atomic mass is 10.0. The molecular weight excluding hydrogens is 234 g/mol. The molecule has 0 saturated heterocycles. The summed E-state index contributed by atoms with van der Waals surface area (Å²) in [5, 5.41) is 0. The van der Waals surface area contributed by atoms with Gasteiger partial charge in [-0.25, -0.2) is 0 Å². The maximum absolute atomic E-state index is 5.86. The number of fused-ring (bicyclic) bond motifs is 1. The first-order valence-corrected chi connectivity index (χ1v) is 5.95. The molecule has 0 fully saturated rings. The Kier molecular flexibility index (Phi) is 5.09. The van der Waals surface area contributed by atoms with Crippen molar-refractivity contribution in [2.24, 2.45) is 0 Å². The van der Waals surface area contributed by atoms with Crippen LogP contribution in [-0.2, 0) is 6.42 Å². The molecule has 1 aromatic carbocycles. The average molecular weight is 256 g/mol. The highest BCUT2D eigenvalue weighted by atomic mass is 35.5. The van der Waals surface area contributed by atoms with Gasteiger partial charge < -0.3 is 15.5 Å². The first-order valence-electron chi connectivity index (χ1n) is 5.95. The molecule has 1 heterocycles. The van der Waals surface area contributed by atoms with Crippen LogP contribution in [0.25, 0.3) is 0 Å². The maximum atomic E-state index is 5.86. The molecular formula is C13H22ClN3. The third kappa shape index (κ3) is 3.51. The van der Waals surface area contributed by atoms with Gasteiger partial charge in [-0.2, -0.15) is 0 Å². The molecule has 17 heavy (non-hydrogen) atoms. The minimum Gasteiger partial charge on any atom is -0.399 e. The molecule has 0 aliphatic carbocycles. The monoisotopic (exact) mass is 255 g/mol. The van der Waals surface area contributed by atoms with Crippen molar-refractivity contribution in [2.45, 2.75) is 12.8 Å². The van der Waals surface area contributed by atoms with Gasteiger partial charge in [0.05, 0.1) is 0 Å². The molecule has 0 aromatic heterocycles. The highest BCUT2D eigenvalue weighted by Crippen LogP contribution is 2.28. The number of likely N-dealkylation sites (N-methyl/N-ethyl adjacent to an activating group) is 1. The Balaban J connectivity index is 0.00000144. The molecule has 1 aromatic rings. The molecule has 2 rings (SSSR count). The topological polar surface area (TPSA) is 32.5 Å². The molecule has 3 nitrogen and oxygen atoms in total. The summed E-state index contributed by atoms with van der Waals surface area (Å²) in [6.45, 7) is 3.34. The predicted octanol–water partition coefficient (Wildman–Crippen LogP) is 2.00. The van der Waals surface area contributed by atoms with Gasteiger partial charge in [0.15, 0.2) is 0 Å². The number of rotatable bonds is 3. The number of nitrogen functional groups attached to an aromatic ring is 1. The van der Waals surface area contributed by atoms with Crippen molar-refractivity contribution in [1.29, 1.82) is 0 Å². The Morgan fingerprint density at radius 1 is 1.35 bits per heavy atom. The van der Waals surface area contributed by atoms with Gasteiger partial charge in [-0.1, -0.05) is 6.07 Å². The molecule has 1 aliphatic heterocycles. The predicted molar refractivity (Wildman–Crippen MR) is 77.2 cm³/mol. The van der Waals surface area contributed by atoms with Crippen molar-refractivity contribution in [1.82, 2.24) is 4.90 Å². The van der Waals surface area contributed by atoms with Crippen LogP contribution in [0.1, 0.15) is 12.0 Å². The Morgan fingerprint density at radius 2 is 2.12 bits per heavy atom. The van der Waals surface area contributed by atoms with E-state index in [4.69, 9.17) is 5.73 Å². The zero-order chi connectivity index (χ0) is 11.5. The zero-order valence-electron chi connectivity index (χ0n) is 10.6. The van der Waals surface area contributed by atoms with Crippen molar-refractivity contribution in [3.8, 4) is 0 Å². The van der Waals surface area contributed by atoms with Crippen LogP contribution in [-0.4, -0.2) is 38.6 Å². The number of nitrogens with two attached hydrogens (primary N) is 1. The lowest BCUT2D eigenvalue weighted by Gasteiger charge is -2.32. The molecule has 0 bridgehead atoms. The summed E-state index contributed by atoms with van der Waals surface area (Å²) >= 11 is 0. The number of anilines is 2. The molecule has 2 N–H and O–H groups in total. The largest absolute Gasteiger partial charge is 0.399 e. The molecule has 0 atom stereocenters. The van der Waals surface area contributed by atoms with Gasteiger partial charge >= 0.3 is 0 Å². The highest BCUT2D eigenvalue weighted by Gasteiger charge is 2.16. The molecule has 0 saturated carbocycles. The second kappa shape index (κ2) is 6.12. The summed E-state index contributed by atoms with van der Waals surface area (Å²) in [4.78, 5) is 4.68. The average Bonchev–Trinajstić information content (AvgIpc) is 2.26. The Hall–Kier alpha value is -0.930. The smallest absolute Gasteiger partial charge is 0.0419 e. The Bertz CT molecular complexity index is 366. The summed E-state index contributed by atoms with van der Waals surface area (Å²) in [5.41, 5.74) is 9.52. The normalized spacial score (nSPS) is 14.4. The lowest BCUT2D eigenvalue weighted by molar-refractivity contribution is 0.411. The maximum Gasteiger partial charge on any atom is 0.0419 e. The zero-order valence-corrected chi connectivity index (χ0v) is 11.5. The standard InChI is InChI=1S/C13H21N3.ClH/c1-15(2)8-9-16-7-3-4-11-5-6-12(14)10-13(11)16;/h5-6,10H,3-4,7-9,14H2,1-2H3;1H. The summed E-state index contributed by atoms with van der Waals surface area (Å²) in [6.07, 6.45) is 2.44. The van der Waals surface area contributed by atoms with E-state index in [1.165, 1.54) is 24.1 Å². The third-order valence-corrected chi connectivity index (χ3v) is 3.14. The second-order valence-corrected chi connectivity index (χ2v) is 4.78. The number of nitrogens with zero attached hydrogens (tertiary/aromatic N) is 2. The van der Waals surface area contributed by atoms with E-state index in [-0.39, 0.29) is 12.4 Å². The van der Waals surface area contributed by atoms with E-state index in [2.05, 4.69) is 36.0 Å². The van der Waals surface area contributed by atoms with Crippen LogP contribution in [0.5, 0.6) is 0 Å². The van der Waals surface area contributed by atoms with E-state index in [0.29, 0.717) is 0 Å². The summed E-state index contributed by atoms with van der Waals surface area (Å²) in [5.74, 6) is 0. The van der Waals surface area contributed by atoms with Crippen LogP contribution in [0.2, 0.25) is 0 Å². The quantitative estimate of drug-likeness (QED) is 0.839. The van der Waals surface area contributed by atoms with Crippen molar-refractivity contribution in [3.05, 3.63) is 23.8 Å². The van der Waals surface area contributed by atoms with Gasteiger partial charge in [-0.3, -0.25) is 0 Å². The third-order valence-electron chi connectivity index (χ3n) is 3.14. The van der Waals surface area contributed by atoms with Crippen LogP contribution >= 0.6 is 12.4 Å². The highest BCUT2D eigenvalue weighted by molar-refractivity contribution is 5.85. The Labute approximate surface area is 110 Å². The van der Waals surface area contributed by atoms with Gasteiger partial charge in [-0.15, -0.1) is 12.4 Å². The Morgan fingerprint density at radius 3 is 2.82 bits per heavy atom. The fraction of sp³-hybridized carbons (Fsp3) is 0.538. The molecule has 0 unspecified atom stereocenters. The number of hydrogen-bond acceptors (Lipinski definition) is 3. The summed E-state index contributed by atoms with van der Waals surface area (Å²) < 4.78 is 0. The van der Waals surface area contributed by atoms with Gasteiger partial charge in [0, 0.05) is 31.0 Å². The molecule has 1 aliphatic rings. The van der Waals surface area contributed by atoms with Crippen LogP contribution in [0.3, 0.4) is 0 Å². The summed E-state index contributed by atoms with van der Waals surface area (Å²) in [6, 6.07) is 6.30. The SMILES string of the molecule is CN(C)CCN1CCCc2ccc(N)cc21.Cl. The lowest BCUT2D eigenvalue weighted by Crippen LogP contribution is -2.35. The van der Waals surface area contributed by atoms with E-state index in [0.717, 1.165) is 25.3 Å². The number of hydrogen-bond donors (Lipinski definition) is 1. The van der Waals surface area contributed by atoms with Gasteiger partial charge in [0.1, 0.15) is 0 Å². The van der Waals surface area contributed by atoms with E-state index >= 15 is 0 Å².